The first-order valence-corrected chi connectivity index (χ1v) is 9.19. The Bertz CT molecular complexity index is 945. The van der Waals surface area contributed by atoms with Crippen molar-refractivity contribution in [3.63, 3.8) is 0 Å². The Balaban J connectivity index is 1.82. The number of nitrogens with zero attached hydrogens (tertiary/aromatic N) is 1. The van der Waals surface area contributed by atoms with Gasteiger partial charge in [0.2, 0.25) is 0 Å². The average Bonchev–Trinajstić information content (AvgIpc) is 3.16. The quantitative estimate of drug-likeness (QED) is 0.878. The lowest BCUT2D eigenvalue weighted by Gasteiger charge is -2.59. The number of carbonyl (C=O) groups is 1. The summed E-state index contributed by atoms with van der Waals surface area (Å²) in [4.78, 5) is 12.5. The molecule has 26 heavy (non-hydrogen) atoms. The molecule has 6 rings (SSSR count). The minimum atomic E-state index is -0.750. The highest BCUT2D eigenvalue weighted by atomic mass is 16.4. The molecule has 0 radical (unpaired) electrons. The molecule has 1 saturated heterocycles. The van der Waals surface area contributed by atoms with Crippen molar-refractivity contribution in [1.29, 1.82) is 5.26 Å². The number of nitrogens with one attached hydrogen (secondary N) is 1. The number of hydrogen-bond donors (Lipinski definition) is 2. The molecule has 4 unspecified atom stereocenters. The van der Waals surface area contributed by atoms with Crippen LogP contribution in [0, 0.1) is 22.7 Å². The van der Waals surface area contributed by atoms with Gasteiger partial charge in [0.05, 0.1) is 17.0 Å². The SMILES string of the molecule is N#Cc1ccc(C23CCC(c4ccccc42)C2(C(=O)O)CNCC32)cc1. The average molecular weight is 344 g/mol. The van der Waals surface area contributed by atoms with Crippen LogP contribution >= 0.6 is 0 Å². The van der Waals surface area contributed by atoms with E-state index in [1.807, 2.05) is 30.3 Å². The molecule has 2 aromatic rings. The number of carboxylic acid groups (broad SMARTS) is 1. The molecule has 3 aliphatic carbocycles. The maximum atomic E-state index is 12.5. The Hall–Kier alpha value is -2.64. The summed E-state index contributed by atoms with van der Waals surface area (Å²) in [6.45, 7) is 1.25. The molecular formula is C22H20N2O2. The van der Waals surface area contributed by atoms with E-state index in [2.05, 4.69) is 29.6 Å². The molecule has 0 aromatic heterocycles. The number of benzene rings is 2. The predicted octanol–water partition coefficient (Wildman–Crippen LogP) is 3.03. The number of nitriles is 1. The minimum Gasteiger partial charge on any atom is -0.481 e. The van der Waals surface area contributed by atoms with Gasteiger partial charge >= 0.3 is 5.97 Å². The van der Waals surface area contributed by atoms with Gasteiger partial charge in [0, 0.05) is 30.3 Å². The third-order valence-corrected chi connectivity index (χ3v) is 7.18. The van der Waals surface area contributed by atoms with Crippen LogP contribution in [0.2, 0.25) is 0 Å². The fraction of sp³-hybridized carbons (Fsp3) is 0.364. The maximum Gasteiger partial charge on any atom is 0.311 e. The van der Waals surface area contributed by atoms with E-state index in [0.717, 1.165) is 24.9 Å². The van der Waals surface area contributed by atoms with Gasteiger partial charge in [-0.3, -0.25) is 4.79 Å². The third kappa shape index (κ3) is 1.65. The van der Waals surface area contributed by atoms with Crippen molar-refractivity contribution < 1.29 is 9.90 Å². The summed E-state index contributed by atoms with van der Waals surface area (Å²) >= 11 is 0. The first kappa shape index (κ1) is 15.6. The van der Waals surface area contributed by atoms with Crippen molar-refractivity contribution in [2.75, 3.05) is 13.1 Å². The van der Waals surface area contributed by atoms with Crippen LogP contribution in [0.15, 0.2) is 48.5 Å². The van der Waals surface area contributed by atoms with E-state index in [1.54, 1.807) is 0 Å². The molecule has 130 valence electrons. The Labute approximate surface area is 152 Å². The summed E-state index contributed by atoms with van der Waals surface area (Å²) in [5, 5.41) is 22.9. The van der Waals surface area contributed by atoms with Crippen LogP contribution in [0.5, 0.6) is 0 Å². The van der Waals surface area contributed by atoms with Gasteiger partial charge in [-0.2, -0.15) is 5.26 Å². The van der Waals surface area contributed by atoms with Gasteiger partial charge in [-0.05, 0) is 41.7 Å². The highest BCUT2D eigenvalue weighted by molar-refractivity contribution is 5.80. The van der Waals surface area contributed by atoms with Crippen LogP contribution in [0.3, 0.4) is 0 Å². The summed E-state index contributed by atoms with van der Waals surface area (Å²) < 4.78 is 0. The van der Waals surface area contributed by atoms with Crippen LogP contribution in [-0.2, 0) is 10.2 Å². The van der Waals surface area contributed by atoms with Crippen LogP contribution in [0.1, 0.15) is 41.0 Å². The van der Waals surface area contributed by atoms with Crippen molar-refractivity contribution in [3.05, 3.63) is 70.8 Å². The lowest BCUT2D eigenvalue weighted by Crippen LogP contribution is -2.60. The Morgan fingerprint density at radius 3 is 2.69 bits per heavy atom. The summed E-state index contributed by atoms with van der Waals surface area (Å²) in [6.07, 6.45) is 1.85. The first-order chi connectivity index (χ1) is 12.6. The van der Waals surface area contributed by atoms with E-state index in [4.69, 9.17) is 5.26 Å². The monoisotopic (exact) mass is 344 g/mol. The van der Waals surface area contributed by atoms with E-state index >= 15 is 0 Å². The number of hydrogen-bond acceptors (Lipinski definition) is 3. The molecule has 2 fully saturated rings. The third-order valence-electron chi connectivity index (χ3n) is 7.18. The van der Waals surface area contributed by atoms with E-state index in [1.165, 1.54) is 11.1 Å². The molecule has 0 amide bonds. The molecule has 2 N–H and O–H groups in total. The number of fused-ring (bicyclic) bond motifs is 1. The highest BCUT2D eigenvalue weighted by Gasteiger charge is 2.68. The first-order valence-electron chi connectivity index (χ1n) is 9.19. The van der Waals surface area contributed by atoms with Crippen molar-refractivity contribution in [2.45, 2.75) is 24.2 Å². The molecule has 2 aromatic carbocycles. The van der Waals surface area contributed by atoms with Gasteiger partial charge in [0.25, 0.3) is 0 Å². The van der Waals surface area contributed by atoms with Crippen molar-refractivity contribution >= 4 is 5.97 Å². The fourth-order valence-corrected chi connectivity index (χ4v) is 6.19. The van der Waals surface area contributed by atoms with E-state index in [0.29, 0.717) is 12.1 Å². The van der Waals surface area contributed by atoms with Gasteiger partial charge < -0.3 is 10.4 Å². The standard InChI is InChI=1S/C22H20N2O2/c23-11-14-5-7-15(8-6-14)21-10-9-18(16-3-1-2-4-17(16)21)22(20(25)26)13-24-12-19(21)22/h1-8,18-19,24H,9-10,12-13H2,(H,25,26). The van der Waals surface area contributed by atoms with Gasteiger partial charge in [-0.1, -0.05) is 36.4 Å². The minimum absolute atomic E-state index is 0.0223. The summed E-state index contributed by atoms with van der Waals surface area (Å²) in [6, 6.07) is 18.4. The van der Waals surface area contributed by atoms with Crippen LogP contribution in [-0.4, -0.2) is 24.2 Å². The molecule has 1 saturated carbocycles. The molecule has 4 aliphatic rings. The second-order valence-corrected chi connectivity index (χ2v) is 7.87. The summed E-state index contributed by atoms with van der Waals surface area (Å²) in [7, 11) is 0. The molecule has 4 nitrogen and oxygen atoms in total. The second-order valence-electron chi connectivity index (χ2n) is 7.87. The zero-order valence-corrected chi connectivity index (χ0v) is 14.4. The molecule has 0 spiro atoms. The Kier molecular flexibility index (Phi) is 3.11. The lowest BCUT2D eigenvalue weighted by atomic mass is 9.42. The molecule has 2 bridgehead atoms. The number of carboxylic acids is 1. The summed E-state index contributed by atoms with van der Waals surface area (Å²) in [5.74, 6) is -0.588. The second kappa shape index (κ2) is 5.18. The normalized spacial score (nSPS) is 34.0. The zero-order valence-electron chi connectivity index (χ0n) is 14.4. The molecular weight excluding hydrogens is 324 g/mol. The maximum absolute atomic E-state index is 12.5. The van der Waals surface area contributed by atoms with Crippen LogP contribution in [0.25, 0.3) is 0 Å². The molecule has 1 aliphatic heterocycles. The highest BCUT2D eigenvalue weighted by Crippen LogP contribution is 2.67. The van der Waals surface area contributed by atoms with Crippen LogP contribution < -0.4 is 5.32 Å². The fourth-order valence-electron chi connectivity index (χ4n) is 6.19. The van der Waals surface area contributed by atoms with Gasteiger partial charge in [0.15, 0.2) is 0 Å². The van der Waals surface area contributed by atoms with Gasteiger partial charge in [-0.25, -0.2) is 0 Å². The van der Waals surface area contributed by atoms with Crippen molar-refractivity contribution in [3.8, 4) is 6.07 Å². The predicted molar refractivity (Wildman–Crippen MR) is 96.8 cm³/mol. The van der Waals surface area contributed by atoms with Gasteiger partial charge in [-0.15, -0.1) is 0 Å². The zero-order chi connectivity index (χ0) is 17.9. The molecule has 1 heterocycles. The molecule has 4 atom stereocenters. The smallest absolute Gasteiger partial charge is 0.311 e. The number of aliphatic carboxylic acids is 1. The largest absolute Gasteiger partial charge is 0.481 e. The Morgan fingerprint density at radius 2 is 1.96 bits per heavy atom. The molecule has 4 heteroatoms. The lowest BCUT2D eigenvalue weighted by molar-refractivity contribution is -0.157. The van der Waals surface area contributed by atoms with Crippen LogP contribution in [0.4, 0.5) is 0 Å². The van der Waals surface area contributed by atoms with E-state index in [-0.39, 0.29) is 17.3 Å². The van der Waals surface area contributed by atoms with E-state index in [9.17, 15) is 9.90 Å². The van der Waals surface area contributed by atoms with E-state index < -0.39 is 11.4 Å². The van der Waals surface area contributed by atoms with Gasteiger partial charge in [0.1, 0.15) is 0 Å². The topological polar surface area (TPSA) is 73.1 Å². The Morgan fingerprint density at radius 1 is 1.19 bits per heavy atom. The number of rotatable bonds is 2. The summed E-state index contributed by atoms with van der Waals surface area (Å²) in [5.41, 5.74) is 3.21. The van der Waals surface area contributed by atoms with Crippen molar-refractivity contribution in [1.82, 2.24) is 5.32 Å². The van der Waals surface area contributed by atoms with Crippen molar-refractivity contribution in [2.24, 2.45) is 11.3 Å².